The second-order valence-electron chi connectivity index (χ2n) is 9.31. The van der Waals surface area contributed by atoms with Gasteiger partial charge in [0.1, 0.15) is 6.61 Å². The Morgan fingerprint density at radius 1 is 0.878 bits per heavy atom. The summed E-state index contributed by atoms with van der Waals surface area (Å²) < 4.78 is 43.8. The molecule has 0 saturated heterocycles. The van der Waals surface area contributed by atoms with Crippen LogP contribution < -0.4 is 0 Å². The maximum Gasteiger partial charge on any atom is 0.360 e. The van der Waals surface area contributed by atoms with Crippen LogP contribution in [0.1, 0.15) is 33.4 Å². The van der Waals surface area contributed by atoms with Crippen LogP contribution in [-0.4, -0.2) is 26.4 Å². The minimum atomic E-state index is -4.24. The minimum absolute atomic E-state index is 0.00194. The van der Waals surface area contributed by atoms with Crippen molar-refractivity contribution in [2.24, 2.45) is 4.40 Å². The standard InChI is InChI=1S/C33H28INO5S/c1-23-20-24(2)31(25(3)21-23)41(37,38)35-32(28-16-10-11-17-29(28)34)40-30(19-18-26-12-6-4-7-13-26)33(36)39-22-27-14-8-5-9-15-27/h4-17,20-21,30H,22H2,1-3H3/b35-32-/t30-/m0/s1. The third-order valence-electron chi connectivity index (χ3n) is 5.96. The van der Waals surface area contributed by atoms with Gasteiger partial charge in [0.05, 0.1) is 10.5 Å². The molecule has 0 aromatic heterocycles. The molecule has 4 rings (SSSR count). The first-order valence-corrected chi connectivity index (χ1v) is 15.3. The molecule has 41 heavy (non-hydrogen) atoms. The molecule has 0 aliphatic rings. The highest BCUT2D eigenvalue weighted by Gasteiger charge is 2.27. The molecule has 4 aromatic carbocycles. The lowest BCUT2D eigenvalue weighted by Crippen LogP contribution is -2.29. The van der Waals surface area contributed by atoms with Crippen LogP contribution in [-0.2, 0) is 30.9 Å². The molecule has 0 amide bonds. The van der Waals surface area contributed by atoms with E-state index in [0.717, 1.165) is 11.1 Å². The Morgan fingerprint density at radius 2 is 1.46 bits per heavy atom. The number of benzene rings is 4. The topological polar surface area (TPSA) is 82.0 Å². The van der Waals surface area contributed by atoms with Crippen LogP contribution in [0.2, 0.25) is 0 Å². The van der Waals surface area contributed by atoms with Gasteiger partial charge in [-0.25, -0.2) is 4.79 Å². The SMILES string of the molecule is Cc1cc(C)c(S(=O)(=O)/N=C(\O[C@@H](C#Cc2ccccc2)C(=O)OCc2ccccc2)c2ccccc2I)c(C)c1. The molecular weight excluding hydrogens is 649 g/mol. The van der Waals surface area contributed by atoms with Crippen molar-refractivity contribution in [3.05, 3.63) is 134 Å². The number of hydrogen-bond donors (Lipinski definition) is 0. The van der Waals surface area contributed by atoms with Gasteiger partial charge in [0.25, 0.3) is 16.1 Å². The van der Waals surface area contributed by atoms with Gasteiger partial charge in [0, 0.05) is 9.13 Å². The lowest BCUT2D eigenvalue weighted by Gasteiger charge is -2.17. The zero-order valence-electron chi connectivity index (χ0n) is 22.8. The number of esters is 1. The van der Waals surface area contributed by atoms with Crippen LogP contribution in [0.5, 0.6) is 0 Å². The number of aryl methyl sites for hydroxylation is 3. The second kappa shape index (κ2) is 13.6. The van der Waals surface area contributed by atoms with Crippen molar-refractivity contribution in [1.29, 1.82) is 0 Å². The highest BCUT2D eigenvalue weighted by Crippen LogP contribution is 2.25. The van der Waals surface area contributed by atoms with Crippen LogP contribution in [0.3, 0.4) is 0 Å². The van der Waals surface area contributed by atoms with Crippen molar-refractivity contribution in [3.8, 4) is 11.8 Å². The van der Waals surface area contributed by atoms with Crippen LogP contribution in [0.25, 0.3) is 0 Å². The van der Waals surface area contributed by atoms with Crippen molar-refractivity contribution in [3.63, 3.8) is 0 Å². The zero-order chi connectivity index (χ0) is 29.4. The van der Waals surface area contributed by atoms with Crippen molar-refractivity contribution in [2.45, 2.75) is 38.4 Å². The zero-order valence-corrected chi connectivity index (χ0v) is 25.8. The summed E-state index contributed by atoms with van der Waals surface area (Å²) >= 11 is 2.07. The summed E-state index contributed by atoms with van der Waals surface area (Å²) in [6.45, 7) is 5.36. The Bertz CT molecular complexity index is 1720. The van der Waals surface area contributed by atoms with Gasteiger partial charge in [-0.2, -0.15) is 8.42 Å². The first kappa shape index (κ1) is 30.0. The van der Waals surface area contributed by atoms with E-state index in [9.17, 15) is 13.2 Å². The molecule has 0 heterocycles. The molecule has 0 bridgehead atoms. The van der Waals surface area contributed by atoms with Crippen molar-refractivity contribution in [2.75, 3.05) is 0 Å². The first-order chi connectivity index (χ1) is 19.6. The van der Waals surface area contributed by atoms with Crippen molar-refractivity contribution >= 4 is 44.5 Å². The predicted octanol–water partition coefficient (Wildman–Crippen LogP) is 6.53. The summed E-state index contributed by atoms with van der Waals surface area (Å²) in [6.07, 6.45) is -1.45. The van der Waals surface area contributed by atoms with Gasteiger partial charge in [-0.1, -0.05) is 84.3 Å². The molecule has 0 spiro atoms. The van der Waals surface area contributed by atoms with E-state index in [2.05, 4.69) is 38.8 Å². The number of sulfonamides is 1. The van der Waals surface area contributed by atoms with E-state index in [-0.39, 0.29) is 17.4 Å². The fraction of sp³-hybridized carbons (Fsp3) is 0.152. The molecule has 0 unspecified atom stereocenters. The summed E-state index contributed by atoms with van der Waals surface area (Å²) in [5, 5.41) is 0. The lowest BCUT2D eigenvalue weighted by atomic mass is 10.1. The van der Waals surface area contributed by atoms with E-state index in [1.165, 1.54) is 0 Å². The highest BCUT2D eigenvalue weighted by molar-refractivity contribution is 14.1. The predicted molar refractivity (Wildman–Crippen MR) is 168 cm³/mol. The van der Waals surface area contributed by atoms with Gasteiger partial charge in [0.2, 0.25) is 5.90 Å². The smallest absolute Gasteiger partial charge is 0.360 e. The maximum atomic E-state index is 13.7. The molecule has 6 nitrogen and oxygen atoms in total. The molecule has 0 aliphatic heterocycles. The molecule has 4 aromatic rings. The van der Waals surface area contributed by atoms with Crippen LogP contribution in [0.15, 0.2) is 106 Å². The van der Waals surface area contributed by atoms with E-state index in [0.29, 0.717) is 25.8 Å². The van der Waals surface area contributed by atoms with Crippen LogP contribution >= 0.6 is 22.6 Å². The third-order valence-corrected chi connectivity index (χ3v) is 8.47. The van der Waals surface area contributed by atoms with Crippen molar-refractivity contribution in [1.82, 2.24) is 0 Å². The molecule has 0 aliphatic carbocycles. The van der Waals surface area contributed by atoms with Gasteiger partial charge < -0.3 is 9.47 Å². The lowest BCUT2D eigenvalue weighted by molar-refractivity contribution is -0.151. The highest BCUT2D eigenvalue weighted by atomic mass is 127. The minimum Gasteiger partial charge on any atom is -0.457 e. The summed E-state index contributed by atoms with van der Waals surface area (Å²) in [4.78, 5) is 13.4. The molecule has 0 N–H and O–H groups in total. The quantitative estimate of drug-likeness (QED) is 0.0731. The van der Waals surface area contributed by atoms with E-state index < -0.39 is 22.1 Å². The molecule has 1 atom stereocenters. The Labute approximate surface area is 254 Å². The fourth-order valence-electron chi connectivity index (χ4n) is 4.22. The number of carbonyl (C=O) groups is 1. The van der Waals surface area contributed by atoms with Gasteiger partial charge in [-0.05, 0) is 90.2 Å². The maximum absolute atomic E-state index is 13.7. The number of halogens is 1. The van der Waals surface area contributed by atoms with E-state index in [1.807, 2.05) is 61.5 Å². The van der Waals surface area contributed by atoms with E-state index >= 15 is 0 Å². The number of rotatable bonds is 7. The average molecular weight is 678 g/mol. The summed E-state index contributed by atoms with van der Waals surface area (Å²) in [7, 11) is -4.24. The molecule has 0 radical (unpaired) electrons. The number of ether oxygens (including phenoxy) is 2. The van der Waals surface area contributed by atoms with Crippen LogP contribution in [0.4, 0.5) is 0 Å². The summed E-state index contributed by atoms with van der Waals surface area (Å²) in [5.74, 6) is 4.74. The molecule has 8 heteroatoms. The second-order valence-corrected chi connectivity index (χ2v) is 12.0. The first-order valence-electron chi connectivity index (χ1n) is 12.8. The van der Waals surface area contributed by atoms with Gasteiger partial charge in [-0.3, -0.25) is 0 Å². The normalized spacial score (nSPS) is 12.1. The monoisotopic (exact) mass is 677 g/mol. The Kier molecular flexibility index (Phi) is 9.97. The van der Waals surface area contributed by atoms with Gasteiger partial charge >= 0.3 is 5.97 Å². The molecule has 0 saturated carbocycles. The summed E-state index contributed by atoms with van der Waals surface area (Å²) in [5.41, 5.74) is 3.92. The van der Waals surface area contributed by atoms with E-state index in [1.54, 1.807) is 56.3 Å². The molecule has 208 valence electrons. The largest absolute Gasteiger partial charge is 0.457 e. The number of carbonyl (C=O) groups excluding carboxylic acids is 1. The van der Waals surface area contributed by atoms with Gasteiger partial charge in [0.15, 0.2) is 0 Å². The number of nitrogens with zero attached hydrogens (tertiary/aromatic N) is 1. The average Bonchev–Trinajstić information content (AvgIpc) is 2.94. The number of hydrogen-bond acceptors (Lipinski definition) is 5. The molecule has 0 fully saturated rings. The Hall–Kier alpha value is -3.94. The third kappa shape index (κ3) is 8.06. The Morgan fingerprint density at radius 3 is 2.10 bits per heavy atom. The van der Waals surface area contributed by atoms with Crippen LogP contribution in [0, 0.1) is 36.2 Å². The van der Waals surface area contributed by atoms with Crippen molar-refractivity contribution < 1.29 is 22.7 Å². The summed E-state index contributed by atoms with van der Waals surface area (Å²) in [6, 6.07) is 28.9. The van der Waals surface area contributed by atoms with Gasteiger partial charge in [-0.15, -0.1) is 4.40 Å². The molecular formula is C33H28INO5S. The van der Waals surface area contributed by atoms with E-state index in [4.69, 9.17) is 9.47 Å². The Balaban J connectivity index is 1.78. The fourth-order valence-corrected chi connectivity index (χ4v) is 6.22.